The van der Waals surface area contributed by atoms with E-state index >= 15 is 0 Å². The van der Waals surface area contributed by atoms with Crippen LogP contribution in [-0.4, -0.2) is 16.1 Å². The molecule has 1 N–H and O–H groups in total. The van der Waals surface area contributed by atoms with Crippen molar-refractivity contribution < 1.29 is 9.21 Å². The fraction of sp³-hybridized carbons (Fsp3) is 0.167. The Morgan fingerprint density at radius 1 is 1.12 bits per heavy atom. The summed E-state index contributed by atoms with van der Waals surface area (Å²) in [6, 6.07) is 14.9. The van der Waals surface area contributed by atoms with Crippen molar-refractivity contribution in [2.24, 2.45) is 0 Å². The summed E-state index contributed by atoms with van der Waals surface area (Å²) in [6.45, 7) is 2.18. The van der Waals surface area contributed by atoms with Gasteiger partial charge in [-0.1, -0.05) is 41.9 Å². The van der Waals surface area contributed by atoms with Crippen molar-refractivity contribution in [3.05, 3.63) is 70.6 Å². The molecule has 0 saturated carbocycles. The van der Waals surface area contributed by atoms with Crippen molar-refractivity contribution in [1.82, 2.24) is 15.5 Å². The highest BCUT2D eigenvalue weighted by Crippen LogP contribution is 2.21. The predicted octanol–water partition coefficient (Wildman–Crippen LogP) is 3.56. The highest BCUT2D eigenvalue weighted by Gasteiger charge is 2.11. The standard InChI is InChI=1S/C18H16ClN3O2/c1-12-4-2-3-5-15(12)18-22-21-17(24-18)11-20-16(23)10-13-6-8-14(19)9-7-13/h2-9H,10-11H2,1H3,(H,20,23). The Balaban J connectivity index is 1.58. The molecule has 0 radical (unpaired) electrons. The number of hydrogen-bond acceptors (Lipinski definition) is 4. The van der Waals surface area contributed by atoms with Gasteiger partial charge in [0, 0.05) is 10.6 Å². The SMILES string of the molecule is Cc1ccccc1-c1nnc(CNC(=O)Cc2ccc(Cl)cc2)o1. The van der Waals surface area contributed by atoms with Crippen LogP contribution in [0.1, 0.15) is 17.0 Å². The van der Waals surface area contributed by atoms with E-state index in [1.165, 1.54) is 0 Å². The molecule has 1 heterocycles. The number of aryl methyl sites for hydroxylation is 1. The Morgan fingerprint density at radius 3 is 2.62 bits per heavy atom. The predicted molar refractivity (Wildman–Crippen MR) is 91.5 cm³/mol. The van der Waals surface area contributed by atoms with Gasteiger partial charge in [-0.15, -0.1) is 10.2 Å². The summed E-state index contributed by atoms with van der Waals surface area (Å²) in [4.78, 5) is 12.0. The summed E-state index contributed by atoms with van der Waals surface area (Å²) < 4.78 is 5.61. The molecule has 0 saturated heterocycles. The number of nitrogens with zero attached hydrogens (tertiary/aromatic N) is 2. The molecule has 0 bridgehead atoms. The molecule has 3 rings (SSSR count). The summed E-state index contributed by atoms with van der Waals surface area (Å²) in [5, 5.41) is 11.4. The lowest BCUT2D eigenvalue weighted by atomic mass is 10.1. The molecule has 0 aliphatic heterocycles. The smallest absolute Gasteiger partial charge is 0.248 e. The van der Waals surface area contributed by atoms with Crippen molar-refractivity contribution >= 4 is 17.5 Å². The number of amides is 1. The van der Waals surface area contributed by atoms with Crippen LogP contribution >= 0.6 is 11.6 Å². The minimum absolute atomic E-state index is 0.118. The first-order valence-electron chi connectivity index (χ1n) is 7.51. The molecule has 6 heteroatoms. The maximum Gasteiger partial charge on any atom is 0.248 e. The van der Waals surface area contributed by atoms with E-state index in [-0.39, 0.29) is 18.9 Å². The first-order chi connectivity index (χ1) is 11.6. The third-order valence-corrected chi connectivity index (χ3v) is 3.81. The number of carbonyl (C=O) groups is 1. The summed E-state index contributed by atoms with van der Waals surface area (Å²) in [5.41, 5.74) is 2.84. The number of aromatic nitrogens is 2. The Hall–Kier alpha value is -2.66. The molecule has 0 spiro atoms. The van der Waals surface area contributed by atoms with E-state index < -0.39 is 0 Å². The second kappa shape index (κ2) is 7.27. The molecule has 122 valence electrons. The number of hydrogen-bond donors (Lipinski definition) is 1. The molecule has 3 aromatic rings. The monoisotopic (exact) mass is 341 g/mol. The number of carbonyl (C=O) groups excluding carboxylic acids is 1. The molecule has 0 aliphatic carbocycles. The molecule has 1 aromatic heterocycles. The second-order valence-electron chi connectivity index (χ2n) is 5.40. The van der Waals surface area contributed by atoms with Crippen molar-refractivity contribution in [3.8, 4) is 11.5 Å². The minimum atomic E-state index is -0.118. The molecule has 1 amide bonds. The summed E-state index contributed by atoms with van der Waals surface area (Å²) >= 11 is 5.83. The average Bonchev–Trinajstić information content (AvgIpc) is 3.04. The van der Waals surface area contributed by atoms with Gasteiger partial charge in [-0.05, 0) is 36.2 Å². The molecule has 0 aliphatic rings. The third kappa shape index (κ3) is 4.00. The van der Waals surface area contributed by atoms with Gasteiger partial charge in [0.05, 0.1) is 13.0 Å². The first kappa shape index (κ1) is 16.2. The minimum Gasteiger partial charge on any atom is -0.419 e. The second-order valence-corrected chi connectivity index (χ2v) is 5.83. The molecule has 2 aromatic carbocycles. The largest absolute Gasteiger partial charge is 0.419 e. The molecule has 5 nitrogen and oxygen atoms in total. The van der Waals surface area contributed by atoms with Gasteiger partial charge in [0.1, 0.15) is 0 Å². The van der Waals surface area contributed by atoms with Crippen LogP contribution in [0.25, 0.3) is 11.5 Å². The number of halogens is 1. The Morgan fingerprint density at radius 2 is 1.88 bits per heavy atom. The van der Waals surface area contributed by atoms with E-state index in [1.54, 1.807) is 12.1 Å². The van der Waals surface area contributed by atoms with Gasteiger partial charge >= 0.3 is 0 Å². The lowest BCUT2D eigenvalue weighted by Crippen LogP contribution is -2.24. The van der Waals surface area contributed by atoms with E-state index in [4.69, 9.17) is 16.0 Å². The zero-order valence-corrected chi connectivity index (χ0v) is 13.9. The fourth-order valence-corrected chi connectivity index (χ4v) is 2.40. The Bertz CT molecular complexity index is 843. The highest BCUT2D eigenvalue weighted by atomic mass is 35.5. The van der Waals surface area contributed by atoms with E-state index in [2.05, 4.69) is 15.5 Å². The molecule has 0 atom stereocenters. The van der Waals surface area contributed by atoms with Crippen LogP contribution in [-0.2, 0) is 17.8 Å². The molecule has 0 unspecified atom stereocenters. The van der Waals surface area contributed by atoms with Crippen LogP contribution in [0.3, 0.4) is 0 Å². The molecule has 24 heavy (non-hydrogen) atoms. The van der Waals surface area contributed by atoms with Crippen molar-refractivity contribution in [3.63, 3.8) is 0 Å². The van der Waals surface area contributed by atoms with E-state index in [1.807, 2.05) is 43.3 Å². The molecule has 0 fully saturated rings. The van der Waals surface area contributed by atoms with Crippen LogP contribution in [0.2, 0.25) is 5.02 Å². The summed E-state index contributed by atoms with van der Waals surface area (Å²) in [5.74, 6) is 0.709. The third-order valence-electron chi connectivity index (χ3n) is 3.56. The lowest BCUT2D eigenvalue weighted by molar-refractivity contribution is -0.120. The van der Waals surface area contributed by atoms with Gasteiger partial charge in [-0.3, -0.25) is 4.79 Å². The Labute approximate surface area is 144 Å². The number of benzene rings is 2. The highest BCUT2D eigenvalue weighted by molar-refractivity contribution is 6.30. The van der Waals surface area contributed by atoms with Crippen LogP contribution in [0, 0.1) is 6.92 Å². The van der Waals surface area contributed by atoms with Crippen LogP contribution in [0.15, 0.2) is 52.9 Å². The lowest BCUT2D eigenvalue weighted by Gasteiger charge is -2.03. The average molecular weight is 342 g/mol. The molecular weight excluding hydrogens is 326 g/mol. The van der Waals surface area contributed by atoms with Crippen molar-refractivity contribution in [2.45, 2.75) is 19.9 Å². The summed E-state index contributed by atoms with van der Waals surface area (Å²) in [6.07, 6.45) is 0.274. The van der Waals surface area contributed by atoms with Crippen molar-refractivity contribution in [1.29, 1.82) is 0 Å². The van der Waals surface area contributed by atoms with Gasteiger partial charge in [0.15, 0.2) is 0 Å². The van der Waals surface area contributed by atoms with E-state index in [0.29, 0.717) is 16.8 Å². The quantitative estimate of drug-likeness (QED) is 0.770. The maximum absolute atomic E-state index is 12.0. The summed E-state index contributed by atoms with van der Waals surface area (Å²) in [7, 11) is 0. The van der Waals surface area contributed by atoms with Gasteiger partial charge in [-0.2, -0.15) is 0 Å². The van der Waals surface area contributed by atoms with Gasteiger partial charge in [0.25, 0.3) is 0 Å². The first-order valence-corrected chi connectivity index (χ1v) is 7.89. The van der Waals surface area contributed by atoms with Gasteiger partial charge < -0.3 is 9.73 Å². The Kier molecular flexibility index (Phi) is 4.91. The molecular formula is C18H16ClN3O2. The normalized spacial score (nSPS) is 10.6. The fourth-order valence-electron chi connectivity index (χ4n) is 2.27. The maximum atomic E-state index is 12.0. The zero-order chi connectivity index (χ0) is 16.9. The van der Waals surface area contributed by atoms with E-state index in [9.17, 15) is 4.79 Å². The van der Waals surface area contributed by atoms with Crippen LogP contribution < -0.4 is 5.32 Å². The number of nitrogens with one attached hydrogen (secondary N) is 1. The zero-order valence-electron chi connectivity index (χ0n) is 13.1. The van der Waals surface area contributed by atoms with E-state index in [0.717, 1.165) is 16.7 Å². The van der Waals surface area contributed by atoms with Gasteiger partial charge in [-0.25, -0.2) is 0 Å². The van der Waals surface area contributed by atoms with Crippen LogP contribution in [0.5, 0.6) is 0 Å². The van der Waals surface area contributed by atoms with Crippen LogP contribution in [0.4, 0.5) is 0 Å². The number of rotatable bonds is 5. The van der Waals surface area contributed by atoms with Crippen molar-refractivity contribution in [2.75, 3.05) is 0 Å². The topological polar surface area (TPSA) is 68.0 Å². The van der Waals surface area contributed by atoms with Gasteiger partial charge in [0.2, 0.25) is 17.7 Å².